The van der Waals surface area contributed by atoms with E-state index in [0.29, 0.717) is 30.3 Å². The molecule has 0 radical (unpaired) electrons. The molecule has 1 aromatic carbocycles. The number of nitrogens with one attached hydrogen (secondary N) is 2. The first-order chi connectivity index (χ1) is 10.1. The highest BCUT2D eigenvalue weighted by atomic mass is 35.5. The zero-order chi connectivity index (χ0) is 14.9. The van der Waals surface area contributed by atoms with Gasteiger partial charge in [0.1, 0.15) is 0 Å². The molecule has 1 spiro atoms. The highest BCUT2D eigenvalue weighted by Gasteiger charge is 2.44. The number of carbonyl (C=O) groups excluding carboxylic acids is 1. The molecule has 1 atom stereocenters. The second-order valence-electron chi connectivity index (χ2n) is 5.58. The van der Waals surface area contributed by atoms with Crippen LogP contribution in [-0.4, -0.2) is 31.1 Å². The molecule has 2 N–H and O–H groups in total. The molecule has 1 aromatic rings. The maximum Gasteiger partial charge on any atom is 0.319 e. The van der Waals surface area contributed by atoms with Gasteiger partial charge in [-0.15, -0.1) is 0 Å². The van der Waals surface area contributed by atoms with Crippen molar-refractivity contribution < 1.29 is 14.3 Å². The zero-order valence-corrected chi connectivity index (χ0v) is 12.7. The Morgan fingerprint density at radius 1 is 1.38 bits per heavy atom. The average Bonchev–Trinajstić information content (AvgIpc) is 3.06. The smallest absolute Gasteiger partial charge is 0.319 e. The van der Waals surface area contributed by atoms with Gasteiger partial charge in [-0.25, -0.2) is 4.79 Å². The molecular formula is C15H19ClN2O3. The topological polar surface area (TPSA) is 59.6 Å². The Balaban J connectivity index is 1.56. The predicted octanol–water partition coefficient (Wildman–Crippen LogP) is 3.07. The lowest BCUT2D eigenvalue weighted by Crippen LogP contribution is -2.38. The number of anilines is 1. The Morgan fingerprint density at radius 3 is 2.90 bits per heavy atom. The van der Waals surface area contributed by atoms with Crippen LogP contribution in [0.5, 0.6) is 0 Å². The fraction of sp³-hybridized carbons (Fsp3) is 0.533. The molecule has 3 rings (SSSR count). The van der Waals surface area contributed by atoms with Crippen molar-refractivity contribution in [3.8, 4) is 0 Å². The van der Waals surface area contributed by atoms with Crippen molar-refractivity contribution in [2.24, 2.45) is 0 Å². The lowest BCUT2D eigenvalue weighted by atomic mass is 10.2. The molecule has 1 saturated carbocycles. The Labute approximate surface area is 128 Å². The Hall–Kier alpha value is -1.30. The molecule has 0 bridgehead atoms. The summed E-state index contributed by atoms with van der Waals surface area (Å²) in [6, 6.07) is 5.37. The first-order valence-corrected chi connectivity index (χ1v) is 7.56. The Kier molecular flexibility index (Phi) is 4.06. The van der Waals surface area contributed by atoms with Gasteiger partial charge in [-0.3, -0.25) is 0 Å². The van der Waals surface area contributed by atoms with Crippen molar-refractivity contribution in [3.63, 3.8) is 0 Å². The maximum atomic E-state index is 12.1. The summed E-state index contributed by atoms with van der Waals surface area (Å²) < 4.78 is 11.3. The third-order valence-corrected chi connectivity index (χ3v) is 4.52. The fourth-order valence-electron chi connectivity index (χ4n) is 2.94. The van der Waals surface area contributed by atoms with Crippen LogP contribution in [0.15, 0.2) is 18.2 Å². The minimum Gasteiger partial charge on any atom is -0.347 e. The molecule has 2 fully saturated rings. The third kappa shape index (κ3) is 3.15. The van der Waals surface area contributed by atoms with Crippen molar-refractivity contribution in [2.45, 2.75) is 38.0 Å². The van der Waals surface area contributed by atoms with Crippen molar-refractivity contribution in [1.29, 1.82) is 0 Å². The van der Waals surface area contributed by atoms with Gasteiger partial charge in [0.25, 0.3) is 0 Å². The molecule has 5 nitrogen and oxygen atoms in total. The number of amides is 2. The SMILES string of the molecule is Cc1cccc(NC(=O)NC2CCC3(C2)OCCO3)c1Cl. The van der Waals surface area contributed by atoms with Crippen molar-refractivity contribution in [3.05, 3.63) is 28.8 Å². The van der Waals surface area contributed by atoms with Gasteiger partial charge in [0.05, 0.1) is 23.9 Å². The van der Waals surface area contributed by atoms with E-state index in [1.54, 1.807) is 6.07 Å². The van der Waals surface area contributed by atoms with Gasteiger partial charge in [0, 0.05) is 18.9 Å². The van der Waals surface area contributed by atoms with Gasteiger partial charge < -0.3 is 20.1 Å². The predicted molar refractivity (Wildman–Crippen MR) is 80.6 cm³/mol. The lowest BCUT2D eigenvalue weighted by Gasteiger charge is -2.21. The number of hydrogen-bond acceptors (Lipinski definition) is 3. The summed E-state index contributed by atoms with van der Waals surface area (Å²) in [5.41, 5.74) is 1.55. The summed E-state index contributed by atoms with van der Waals surface area (Å²) in [6.45, 7) is 3.18. The van der Waals surface area contributed by atoms with E-state index >= 15 is 0 Å². The summed E-state index contributed by atoms with van der Waals surface area (Å²) in [5.74, 6) is -0.473. The van der Waals surface area contributed by atoms with Gasteiger partial charge in [-0.1, -0.05) is 23.7 Å². The number of carbonyl (C=O) groups is 1. The van der Waals surface area contributed by atoms with E-state index in [1.807, 2.05) is 19.1 Å². The molecule has 0 aromatic heterocycles. The van der Waals surface area contributed by atoms with Gasteiger partial charge in [0.2, 0.25) is 0 Å². The summed E-state index contributed by atoms with van der Waals surface area (Å²) in [4.78, 5) is 12.1. The standard InChI is InChI=1S/C15H19ClN2O3/c1-10-3-2-4-12(13(10)16)18-14(19)17-11-5-6-15(9-11)20-7-8-21-15/h2-4,11H,5-9H2,1H3,(H2,17,18,19). The number of aryl methyl sites for hydroxylation is 1. The summed E-state index contributed by atoms with van der Waals surface area (Å²) >= 11 is 6.17. The van der Waals surface area contributed by atoms with E-state index in [1.165, 1.54) is 0 Å². The molecule has 1 aliphatic carbocycles. The highest BCUT2D eigenvalue weighted by Crippen LogP contribution is 2.37. The monoisotopic (exact) mass is 310 g/mol. The summed E-state index contributed by atoms with van der Waals surface area (Å²) in [5, 5.41) is 6.32. The second kappa shape index (κ2) is 5.83. The Morgan fingerprint density at radius 2 is 2.14 bits per heavy atom. The minimum absolute atomic E-state index is 0.0617. The average molecular weight is 311 g/mol. The molecule has 114 valence electrons. The van der Waals surface area contributed by atoms with Gasteiger partial charge in [-0.2, -0.15) is 0 Å². The van der Waals surface area contributed by atoms with Crippen molar-refractivity contribution in [1.82, 2.24) is 5.32 Å². The number of benzene rings is 1. The van der Waals surface area contributed by atoms with E-state index in [2.05, 4.69) is 10.6 Å². The van der Waals surface area contributed by atoms with Crippen LogP contribution in [-0.2, 0) is 9.47 Å². The van der Waals surface area contributed by atoms with Crippen LogP contribution in [0.2, 0.25) is 5.02 Å². The van der Waals surface area contributed by atoms with Crippen LogP contribution < -0.4 is 10.6 Å². The maximum absolute atomic E-state index is 12.1. The largest absolute Gasteiger partial charge is 0.347 e. The Bertz CT molecular complexity index is 544. The molecule has 1 aliphatic heterocycles. The first-order valence-electron chi connectivity index (χ1n) is 7.19. The van der Waals surface area contributed by atoms with Gasteiger partial charge in [0.15, 0.2) is 5.79 Å². The van der Waals surface area contributed by atoms with Crippen LogP contribution in [0.1, 0.15) is 24.8 Å². The highest BCUT2D eigenvalue weighted by molar-refractivity contribution is 6.34. The summed E-state index contributed by atoms with van der Waals surface area (Å²) in [6.07, 6.45) is 2.38. The number of rotatable bonds is 2. The van der Waals surface area contributed by atoms with Crippen LogP contribution in [0.4, 0.5) is 10.5 Å². The van der Waals surface area contributed by atoms with E-state index in [9.17, 15) is 4.79 Å². The number of halogens is 1. The van der Waals surface area contributed by atoms with E-state index in [4.69, 9.17) is 21.1 Å². The molecule has 6 heteroatoms. The van der Waals surface area contributed by atoms with E-state index in [-0.39, 0.29) is 12.1 Å². The number of urea groups is 1. The van der Waals surface area contributed by atoms with Crippen LogP contribution in [0.25, 0.3) is 0 Å². The van der Waals surface area contributed by atoms with Crippen LogP contribution in [0, 0.1) is 6.92 Å². The molecule has 21 heavy (non-hydrogen) atoms. The van der Waals surface area contributed by atoms with E-state index < -0.39 is 5.79 Å². The summed E-state index contributed by atoms with van der Waals surface area (Å²) in [7, 11) is 0. The first kappa shape index (κ1) is 14.6. The number of hydrogen-bond donors (Lipinski definition) is 2. The molecular weight excluding hydrogens is 292 g/mol. The fourth-order valence-corrected chi connectivity index (χ4v) is 3.12. The molecule has 1 unspecified atom stereocenters. The number of ether oxygens (including phenoxy) is 2. The van der Waals surface area contributed by atoms with Crippen molar-refractivity contribution in [2.75, 3.05) is 18.5 Å². The van der Waals surface area contributed by atoms with Crippen molar-refractivity contribution >= 4 is 23.3 Å². The molecule has 1 heterocycles. The minimum atomic E-state index is -0.473. The van der Waals surface area contributed by atoms with Crippen LogP contribution in [0.3, 0.4) is 0 Å². The molecule has 1 saturated heterocycles. The zero-order valence-electron chi connectivity index (χ0n) is 11.9. The second-order valence-corrected chi connectivity index (χ2v) is 5.96. The molecule has 2 amide bonds. The normalized spacial score (nSPS) is 23.4. The third-order valence-electron chi connectivity index (χ3n) is 4.02. The quantitative estimate of drug-likeness (QED) is 0.882. The lowest BCUT2D eigenvalue weighted by molar-refractivity contribution is -0.151. The van der Waals surface area contributed by atoms with E-state index in [0.717, 1.165) is 18.4 Å². The van der Waals surface area contributed by atoms with Gasteiger partial charge in [-0.05, 0) is 25.0 Å². The molecule has 2 aliphatic rings. The van der Waals surface area contributed by atoms with Crippen LogP contribution >= 0.6 is 11.6 Å². The van der Waals surface area contributed by atoms with Gasteiger partial charge >= 0.3 is 6.03 Å².